The van der Waals surface area contributed by atoms with Gasteiger partial charge in [-0.25, -0.2) is 14.4 Å². The summed E-state index contributed by atoms with van der Waals surface area (Å²) in [7, 11) is 1.64. The number of nitriles is 1. The van der Waals surface area contributed by atoms with Crippen LogP contribution in [-0.2, 0) is 30.7 Å². The number of aromatic nitrogens is 4. The zero-order valence-corrected chi connectivity index (χ0v) is 25.2. The standard InChI is InChI=1S/C35H32FN5O4/c1-21-11-30-35(32(12-21)42-2)40-33(41(30)19-25-8-10-43-25)15-24-14-27(36)26-16-31(24)44-9-4-5-23-13-22(17-37)18-38-29(23)20-45-34-7-3-6-28(26)39-34/h3,6-7,11-14,16,18,25H,4-5,8-10,15,19-20H2,1-2H3. The number of methoxy groups -OCH3 is 1. The first-order chi connectivity index (χ1) is 22.0. The molecule has 1 atom stereocenters. The van der Waals surface area contributed by atoms with Crippen molar-refractivity contribution in [2.75, 3.05) is 20.3 Å². The van der Waals surface area contributed by atoms with Crippen LogP contribution in [0.2, 0.25) is 0 Å². The molecule has 0 saturated carbocycles. The molecule has 0 N–H and O–H groups in total. The summed E-state index contributed by atoms with van der Waals surface area (Å²) in [5.74, 6) is 1.96. The van der Waals surface area contributed by atoms with E-state index in [-0.39, 0.29) is 12.7 Å². The lowest BCUT2D eigenvalue weighted by Crippen LogP contribution is -2.31. The maximum atomic E-state index is 15.9. The van der Waals surface area contributed by atoms with E-state index in [1.54, 1.807) is 37.6 Å². The van der Waals surface area contributed by atoms with Crippen LogP contribution in [0.1, 0.15) is 46.6 Å². The zero-order valence-electron chi connectivity index (χ0n) is 25.2. The van der Waals surface area contributed by atoms with Crippen molar-refractivity contribution in [2.45, 2.75) is 51.9 Å². The van der Waals surface area contributed by atoms with Gasteiger partial charge in [-0.3, -0.25) is 4.98 Å². The lowest BCUT2D eigenvalue weighted by molar-refractivity contribution is -0.0589. The monoisotopic (exact) mass is 605 g/mol. The first-order valence-corrected chi connectivity index (χ1v) is 15.1. The summed E-state index contributed by atoms with van der Waals surface area (Å²) in [6.07, 6.45) is 4.25. The molecule has 3 aromatic heterocycles. The minimum absolute atomic E-state index is 0.0977. The molecule has 0 amide bonds. The number of halogens is 1. The number of imidazole rings is 1. The lowest BCUT2D eigenvalue weighted by Gasteiger charge is -2.27. The minimum atomic E-state index is -0.413. The molecule has 5 aromatic rings. The van der Waals surface area contributed by atoms with Gasteiger partial charge in [-0.2, -0.15) is 5.26 Å². The van der Waals surface area contributed by atoms with Crippen molar-refractivity contribution >= 4 is 11.0 Å². The Bertz CT molecular complexity index is 1950. The number of hydrogen-bond acceptors (Lipinski definition) is 8. The van der Waals surface area contributed by atoms with Crippen molar-refractivity contribution in [3.63, 3.8) is 0 Å². The van der Waals surface area contributed by atoms with Crippen LogP contribution in [0.15, 0.2) is 54.7 Å². The van der Waals surface area contributed by atoms with Gasteiger partial charge in [-0.05, 0) is 73.7 Å². The Balaban J connectivity index is 1.29. The molecule has 45 heavy (non-hydrogen) atoms. The highest BCUT2D eigenvalue weighted by Crippen LogP contribution is 2.35. The molecule has 1 unspecified atom stereocenters. The molecule has 2 aliphatic heterocycles. The van der Waals surface area contributed by atoms with Gasteiger partial charge in [0.15, 0.2) is 0 Å². The molecule has 4 bridgehead atoms. The highest BCUT2D eigenvalue weighted by atomic mass is 19.1. The summed E-state index contributed by atoms with van der Waals surface area (Å²) < 4.78 is 41.9. The molecular weight excluding hydrogens is 573 g/mol. The molecule has 1 saturated heterocycles. The SMILES string of the molecule is COc1cc(C)cc2c1nc(Cc1cc(F)c3cc1OCCCc1cc(C#N)cnc1COc1cccc-3n1)n2CC1CCO1. The summed E-state index contributed by atoms with van der Waals surface area (Å²) >= 11 is 0. The van der Waals surface area contributed by atoms with E-state index in [0.29, 0.717) is 72.2 Å². The fraction of sp³-hybridized carbons (Fsp3) is 0.314. The molecule has 9 nitrogen and oxygen atoms in total. The predicted molar refractivity (Wildman–Crippen MR) is 165 cm³/mol. The summed E-state index contributed by atoms with van der Waals surface area (Å²) in [6, 6.07) is 16.6. The van der Waals surface area contributed by atoms with Crippen LogP contribution in [0, 0.1) is 24.1 Å². The van der Waals surface area contributed by atoms with E-state index >= 15 is 4.39 Å². The van der Waals surface area contributed by atoms with Crippen LogP contribution in [0.5, 0.6) is 17.4 Å². The second-order valence-corrected chi connectivity index (χ2v) is 11.4. The highest BCUT2D eigenvalue weighted by molar-refractivity contribution is 5.83. The summed E-state index contributed by atoms with van der Waals surface area (Å²) in [4.78, 5) is 14.1. The third-order valence-electron chi connectivity index (χ3n) is 8.33. The van der Waals surface area contributed by atoms with Crippen molar-refractivity contribution in [2.24, 2.45) is 0 Å². The number of pyridine rings is 2. The number of benzene rings is 2. The third kappa shape index (κ3) is 5.79. The fourth-order valence-electron chi connectivity index (χ4n) is 5.91. The Labute approximate surface area is 260 Å². The molecular formula is C35H32FN5O4. The average Bonchev–Trinajstić information content (AvgIpc) is 3.36. The van der Waals surface area contributed by atoms with Crippen LogP contribution in [0.25, 0.3) is 22.3 Å². The number of nitrogens with zero attached hydrogens (tertiary/aromatic N) is 5. The van der Waals surface area contributed by atoms with Crippen LogP contribution in [-0.4, -0.2) is 45.9 Å². The molecule has 228 valence electrons. The number of aryl methyl sites for hydroxylation is 2. The van der Waals surface area contributed by atoms with E-state index < -0.39 is 5.82 Å². The Morgan fingerprint density at radius 2 is 2.00 bits per heavy atom. The maximum absolute atomic E-state index is 15.9. The predicted octanol–water partition coefficient (Wildman–Crippen LogP) is 6.10. The van der Waals surface area contributed by atoms with Gasteiger partial charge in [0.1, 0.15) is 41.3 Å². The van der Waals surface area contributed by atoms with Gasteiger partial charge < -0.3 is 23.5 Å². The zero-order chi connectivity index (χ0) is 30.9. The van der Waals surface area contributed by atoms with Gasteiger partial charge in [-0.1, -0.05) is 6.07 Å². The molecule has 0 aliphatic carbocycles. The lowest BCUT2D eigenvalue weighted by atomic mass is 10.0. The van der Waals surface area contributed by atoms with Gasteiger partial charge in [0.05, 0.1) is 48.8 Å². The Morgan fingerprint density at radius 3 is 2.80 bits per heavy atom. The van der Waals surface area contributed by atoms with Gasteiger partial charge >= 0.3 is 0 Å². The smallest absolute Gasteiger partial charge is 0.214 e. The number of ether oxygens (including phenoxy) is 4. The first kappa shape index (κ1) is 28.7. The quantitative estimate of drug-likeness (QED) is 0.237. The molecule has 1 fully saturated rings. The van der Waals surface area contributed by atoms with E-state index in [4.69, 9.17) is 23.9 Å². The molecule has 2 aliphatic rings. The fourth-order valence-corrected chi connectivity index (χ4v) is 5.91. The van der Waals surface area contributed by atoms with Crippen LogP contribution in [0.3, 0.4) is 0 Å². The molecule has 0 spiro atoms. The van der Waals surface area contributed by atoms with Crippen molar-refractivity contribution in [3.8, 4) is 34.7 Å². The largest absolute Gasteiger partial charge is 0.494 e. The van der Waals surface area contributed by atoms with Gasteiger partial charge in [-0.15, -0.1) is 0 Å². The average molecular weight is 606 g/mol. The second kappa shape index (κ2) is 12.2. The normalized spacial score (nSPS) is 16.0. The van der Waals surface area contributed by atoms with E-state index in [1.807, 2.05) is 19.1 Å². The third-order valence-corrected chi connectivity index (χ3v) is 8.33. The van der Waals surface area contributed by atoms with Crippen LogP contribution >= 0.6 is 0 Å². The summed E-state index contributed by atoms with van der Waals surface area (Å²) in [5.41, 5.74) is 6.34. The van der Waals surface area contributed by atoms with Crippen molar-refractivity contribution in [1.29, 1.82) is 5.26 Å². The van der Waals surface area contributed by atoms with Gasteiger partial charge in [0.2, 0.25) is 5.88 Å². The molecule has 7 rings (SSSR count). The van der Waals surface area contributed by atoms with Gasteiger partial charge in [0, 0.05) is 36.4 Å². The van der Waals surface area contributed by atoms with E-state index in [1.165, 1.54) is 6.07 Å². The molecule has 10 heteroatoms. The first-order valence-electron chi connectivity index (χ1n) is 15.1. The summed E-state index contributed by atoms with van der Waals surface area (Å²) in [5, 5.41) is 9.43. The summed E-state index contributed by atoms with van der Waals surface area (Å²) in [6.45, 7) is 3.98. The number of rotatable bonds is 5. The molecule has 5 heterocycles. The highest BCUT2D eigenvalue weighted by Gasteiger charge is 2.25. The van der Waals surface area contributed by atoms with E-state index in [0.717, 1.165) is 46.7 Å². The van der Waals surface area contributed by atoms with Crippen molar-refractivity contribution < 1.29 is 23.3 Å². The minimum Gasteiger partial charge on any atom is -0.494 e. The van der Waals surface area contributed by atoms with Crippen LogP contribution in [0.4, 0.5) is 4.39 Å². The Kier molecular flexibility index (Phi) is 7.78. The number of fused-ring (bicyclic) bond motifs is 7. The van der Waals surface area contributed by atoms with E-state index in [9.17, 15) is 5.26 Å². The maximum Gasteiger partial charge on any atom is 0.214 e. The Hall–Kier alpha value is -5.01. The molecule has 2 aromatic carbocycles. The van der Waals surface area contributed by atoms with Crippen molar-refractivity contribution in [3.05, 3.63) is 94.3 Å². The molecule has 0 radical (unpaired) electrons. The second-order valence-electron chi connectivity index (χ2n) is 11.4. The Morgan fingerprint density at radius 1 is 1.11 bits per heavy atom. The topological polar surface area (TPSA) is 104 Å². The van der Waals surface area contributed by atoms with Gasteiger partial charge in [0.25, 0.3) is 0 Å². The van der Waals surface area contributed by atoms with Crippen LogP contribution < -0.4 is 14.2 Å². The number of hydrogen-bond donors (Lipinski definition) is 0. The van der Waals surface area contributed by atoms with Crippen molar-refractivity contribution in [1.82, 2.24) is 19.5 Å². The van der Waals surface area contributed by atoms with E-state index in [2.05, 4.69) is 26.7 Å².